The number of rotatable bonds is 6. The number of hydrogen-bond acceptors (Lipinski definition) is 3. The zero-order valence-corrected chi connectivity index (χ0v) is 13.1. The zero-order valence-electron chi connectivity index (χ0n) is 13.1. The lowest BCUT2D eigenvalue weighted by Gasteiger charge is -2.30. The quantitative estimate of drug-likeness (QED) is 0.880. The topological polar surface area (TPSA) is 46.6 Å². The van der Waals surface area contributed by atoms with E-state index >= 15 is 0 Å². The van der Waals surface area contributed by atoms with Crippen molar-refractivity contribution in [3.8, 4) is 0 Å². The van der Waals surface area contributed by atoms with Gasteiger partial charge in [-0.2, -0.15) is 0 Å². The fourth-order valence-corrected chi connectivity index (χ4v) is 2.41. The molecular weight excluding hydrogens is 248 g/mol. The molecular formula is C16H26N4. The van der Waals surface area contributed by atoms with E-state index in [4.69, 9.17) is 5.73 Å². The molecule has 2 aromatic rings. The molecule has 0 aliphatic rings. The summed E-state index contributed by atoms with van der Waals surface area (Å²) in [5.41, 5.74) is 9.36. The molecule has 0 aromatic carbocycles. The molecule has 0 spiro atoms. The highest BCUT2D eigenvalue weighted by molar-refractivity contribution is 5.41. The van der Waals surface area contributed by atoms with E-state index in [1.165, 1.54) is 5.56 Å². The minimum Gasteiger partial charge on any atom is -0.330 e. The number of imidazole rings is 1. The van der Waals surface area contributed by atoms with Gasteiger partial charge in [0.15, 0.2) is 0 Å². The SMILES string of the molecule is CCN(Cc1cn2cc(C)ccc2n1)CC(C)(C)CN. The summed E-state index contributed by atoms with van der Waals surface area (Å²) in [5.74, 6) is 0. The van der Waals surface area contributed by atoms with E-state index < -0.39 is 0 Å². The minimum atomic E-state index is 0.145. The maximum atomic E-state index is 5.83. The molecule has 0 bridgehead atoms. The summed E-state index contributed by atoms with van der Waals surface area (Å²) in [7, 11) is 0. The van der Waals surface area contributed by atoms with Crippen LogP contribution in [0.15, 0.2) is 24.5 Å². The lowest BCUT2D eigenvalue weighted by Crippen LogP contribution is -2.38. The van der Waals surface area contributed by atoms with Crippen LogP contribution >= 0.6 is 0 Å². The van der Waals surface area contributed by atoms with E-state index in [1.54, 1.807) is 0 Å². The first-order chi connectivity index (χ1) is 9.43. The molecule has 2 N–H and O–H groups in total. The lowest BCUT2D eigenvalue weighted by molar-refractivity contribution is 0.182. The van der Waals surface area contributed by atoms with E-state index in [0.717, 1.165) is 31.0 Å². The van der Waals surface area contributed by atoms with Crippen LogP contribution in [0.4, 0.5) is 0 Å². The Kier molecular flexibility index (Phi) is 4.45. The van der Waals surface area contributed by atoms with Crippen molar-refractivity contribution < 1.29 is 0 Å². The molecule has 110 valence electrons. The van der Waals surface area contributed by atoms with Gasteiger partial charge >= 0.3 is 0 Å². The molecule has 0 saturated carbocycles. The molecule has 2 rings (SSSR count). The number of aryl methyl sites for hydroxylation is 1. The van der Waals surface area contributed by atoms with Crippen molar-refractivity contribution >= 4 is 5.65 Å². The highest BCUT2D eigenvalue weighted by atomic mass is 15.1. The van der Waals surface area contributed by atoms with Crippen LogP contribution in [-0.2, 0) is 6.54 Å². The molecule has 0 amide bonds. The van der Waals surface area contributed by atoms with Crippen LogP contribution in [0.25, 0.3) is 5.65 Å². The van der Waals surface area contributed by atoms with E-state index in [1.807, 2.05) is 0 Å². The van der Waals surface area contributed by atoms with Crippen molar-refractivity contribution in [2.45, 2.75) is 34.2 Å². The second-order valence-electron chi connectivity index (χ2n) is 6.38. The van der Waals surface area contributed by atoms with Gasteiger partial charge in [0.25, 0.3) is 0 Å². The van der Waals surface area contributed by atoms with Gasteiger partial charge in [0.2, 0.25) is 0 Å². The Hall–Kier alpha value is -1.39. The summed E-state index contributed by atoms with van der Waals surface area (Å²) < 4.78 is 2.10. The number of hydrogen-bond donors (Lipinski definition) is 1. The molecule has 0 atom stereocenters. The highest BCUT2D eigenvalue weighted by Crippen LogP contribution is 2.17. The minimum absolute atomic E-state index is 0.145. The molecule has 2 heterocycles. The average molecular weight is 274 g/mol. The van der Waals surface area contributed by atoms with Crippen LogP contribution in [-0.4, -0.2) is 33.9 Å². The third kappa shape index (κ3) is 3.58. The van der Waals surface area contributed by atoms with Gasteiger partial charge in [0.05, 0.1) is 5.69 Å². The first-order valence-electron chi connectivity index (χ1n) is 7.30. The van der Waals surface area contributed by atoms with Gasteiger partial charge in [-0.1, -0.05) is 26.8 Å². The van der Waals surface area contributed by atoms with Crippen LogP contribution in [0.2, 0.25) is 0 Å². The predicted octanol–water partition coefficient (Wildman–Crippen LogP) is 2.45. The first-order valence-corrected chi connectivity index (χ1v) is 7.30. The molecule has 0 aliphatic carbocycles. The summed E-state index contributed by atoms with van der Waals surface area (Å²) in [6.07, 6.45) is 4.24. The number of nitrogens with two attached hydrogens (primary N) is 1. The molecule has 0 radical (unpaired) electrons. The lowest BCUT2D eigenvalue weighted by atomic mass is 9.93. The Labute approximate surface area is 121 Å². The second-order valence-corrected chi connectivity index (χ2v) is 6.38. The largest absolute Gasteiger partial charge is 0.330 e. The summed E-state index contributed by atoms with van der Waals surface area (Å²) >= 11 is 0. The van der Waals surface area contributed by atoms with Gasteiger partial charge in [-0.05, 0) is 37.1 Å². The molecule has 0 unspecified atom stereocenters. The third-order valence-electron chi connectivity index (χ3n) is 3.69. The molecule has 4 heteroatoms. The number of pyridine rings is 1. The molecule has 4 nitrogen and oxygen atoms in total. The van der Waals surface area contributed by atoms with Gasteiger partial charge in [0.1, 0.15) is 5.65 Å². The molecule has 0 saturated heterocycles. The van der Waals surface area contributed by atoms with Crippen LogP contribution in [0.1, 0.15) is 32.0 Å². The third-order valence-corrected chi connectivity index (χ3v) is 3.69. The number of fused-ring (bicyclic) bond motifs is 1. The van der Waals surface area contributed by atoms with Gasteiger partial charge in [0, 0.05) is 25.5 Å². The van der Waals surface area contributed by atoms with Gasteiger partial charge in [-0.25, -0.2) is 4.98 Å². The second kappa shape index (κ2) is 5.94. The number of aromatic nitrogens is 2. The normalized spacial score (nSPS) is 12.5. The van der Waals surface area contributed by atoms with Crippen LogP contribution < -0.4 is 5.73 Å². The standard InChI is InChI=1S/C16H26N4/c1-5-19(12-16(3,4)11-17)9-14-10-20-8-13(2)6-7-15(20)18-14/h6-8,10H,5,9,11-12,17H2,1-4H3. The van der Waals surface area contributed by atoms with Crippen LogP contribution in [0, 0.1) is 12.3 Å². The maximum absolute atomic E-state index is 5.83. The summed E-state index contributed by atoms with van der Waals surface area (Å²) in [6, 6.07) is 4.17. The zero-order chi connectivity index (χ0) is 14.8. The van der Waals surface area contributed by atoms with E-state index in [9.17, 15) is 0 Å². The summed E-state index contributed by atoms with van der Waals surface area (Å²) in [5, 5.41) is 0. The molecule has 0 fully saturated rings. The smallest absolute Gasteiger partial charge is 0.137 e. The summed E-state index contributed by atoms with van der Waals surface area (Å²) in [4.78, 5) is 7.09. The van der Waals surface area contributed by atoms with Crippen molar-refractivity contribution in [1.82, 2.24) is 14.3 Å². The van der Waals surface area contributed by atoms with Crippen LogP contribution in [0.3, 0.4) is 0 Å². The Morgan fingerprint density at radius 1 is 1.30 bits per heavy atom. The maximum Gasteiger partial charge on any atom is 0.137 e. The Bertz CT molecular complexity index is 571. The van der Waals surface area contributed by atoms with Crippen molar-refractivity contribution in [1.29, 1.82) is 0 Å². The Morgan fingerprint density at radius 2 is 2.05 bits per heavy atom. The van der Waals surface area contributed by atoms with E-state index in [0.29, 0.717) is 6.54 Å². The monoisotopic (exact) mass is 274 g/mol. The van der Waals surface area contributed by atoms with Crippen molar-refractivity contribution in [2.24, 2.45) is 11.1 Å². The predicted molar refractivity (Wildman–Crippen MR) is 83.7 cm³/mol. The first kappa shape index (κ1) is 15.0. The van der Waals surface area contributed by atoms with Crippen LogP contribution in [0.5, 0.6) is 0 Å². The highest BCUT2D eigenvalue weighted by Gasteiger charge is 2.20. The van der Waals surface area contributed by atoms with E-state index in [2.05, 4.69) is 66.5 Å². The molecule has 20 heavy (non-hydrogen) atoms. The van der Waals surface area contributed by atoms with E-state index in [-0.39, 0.29) is 5.41 Å². The van der Waals surface area contributed by atoms with Gasteiger partial charge in [-0.15, -0.1) is 0 Å². The average Bonchev–Trinajstić information content (AvgIpc) is 2.79. The summed E-state index contributed by atoms with van der Waals surface area (Å²) in [6.45, 7) is 12.3. The fraction of sp³-hybridized carbons (Fsp3) is 0.562. The molecule has 2 aromatic heterocycles. The number of nitrogens with zero attached hydrogens (tertiary/aromatic N) is 3. The van der Waals surface area contributed by atoms with Crippen molar-refractivity contribution in [3.05, 3.63) is 35.8 Å². The molecule has 0 aliphatic heterocycles. The fourth-order valence-electron chi connectivity index (χ4n) is 2.41. The van der Waals surface area contributed by atoms with Gasteiger partial charge in [-0.3, -0.25) is 4.90 Å². The van der Waals surface area contributed by atoms with Crippen molar-refractivity contribution in [2.75, 3.05) is 19.6 Å². The Morgan fingerprint density at radius 3 is 2.70 bits per heavy atom. The van der Waals surface area contributed by atoms with Gasteiger partial charge < -0.3 is 10.1 Å². The van der Waals surface area contributed by atoms with Crippen molar-refractivity contribution in [3.63, 3.8) is 0 Å². The Balaban J connectivity index is 2.13.